The molecule has 0 radical (unpaired) electrons. The van der Waals surface area contributed by atoms with Crippen molar-refractivity contribution in [3.8, 4) is 78.1 Å². The monoisotopic (exact) mass is 1400 g/mol. The number of rotatable bonds is 9. The Bertz CT molecular complexity index is 6730. The molecular weight excluding hydrogens is 1320 g/mol. The summed E-state index contributed by atoms with van der Waals surface area (Å²) in [5.41, 5.74) is 42.0. The predicted octanol–water partition coefficient (Wildman–Crippen LogP) is 28.0. The van der Waals surface area contributed by atoms with Crippen LogP contribution in [-0.2, 0) is 27.1 Å². The van der Waals surface area contributed by atoms with Gasteiger partial charge in [0.1, 0.15) is 0 Å². The lowest BCUT2D eigenvalue weighted by Crippen LogP contribution is -2.19. The van der Waals surface area contributed by atoms with E-state index in [9.17, 15) is 0 Å². The zero-order chi connectivity index (χ0) is 73.5. The van der Waals surface area contributed by atoms with Crippen LogP contribution in [0.25, 0.3) is 122 Å². The molecule has 0 atom stereocenters. The number of para-hydroxylation sites is 5. The second kappa shape index (κ2) is 22.3. The fraction of sp³-hybridized carbons (Fsp3) is 0.143. The molecule has 5 aliphatic rings. The highest BCUT2D eigenvalue weighted by Gasteiger charge is 2.43. The lowest BCUT2D eigenvalue weighted by molar-refractivity contribution is 0.659. The van der Waals surface area contributed by atoms with Crippen LogP contribution in [0.15, 0.2) is 315 Å². The van der Waals surface area contributed by atoms with Crippen molar-refractivity contribution in [3.05, 3.63) is 371 Å². The van der Waals surface area contributed by atoms with Crippen LogP contribution < -0.4 is 9.80 Å². The zero-order valence-electron chi connectivity index (χ0n) is 63.3. The van der Waals surface area contributed by atoms with Crippen molar-refractivity contribution in [1.82, 2.24) is 9.13 Å². The fourth-order valence-corrected chi connectivity index (χ4v) is 20.8. The molecule has 2 heterocycles. The first kappa shape index (κ1) is 63.7. The summed E-state index contributed by atoms with van der Waals surface area (Å²) in [7, 11) is 0. The summed E-state index contributed by atoms with van der Waals surface area (Å²) in [6.07, 6.45) is 0. The Morgan fingerprint density at radius 3 is 0.761 bits per heavy atom. The molecule has 0 aliphatic heterocycles. The van der Waals surface area contributed by atoms with Crippen LogP contribution in [-0.4, -0.2) is 9.13 Å². The molecule has 0 saturated carbocycles. The Hall–Kier alpha value is -12.5. The smallest absolute Gasteiger partial charge is 0.0541 e. The van der Waals surface area contributed by atoms with Gasteiger partial charge in [-0.2, -0.15) is 0 Å². The maximum Gasteiger partial charge on any atom is 0.0541 e. The van der Waals surface area contributed by atoms with Gasteiger partial charge in [-0.05, 0) is 256 Å². The van der Waals surface area contributed by atoms with E-state index >= 15 is 0 Å². The minimum Gasteiger partial charge on any atom is -0.310 e. The summed E-state index contributed by atoms with van der Waals surface area (Å²) in [6.45, 7) is 24.2. The van der Waals surface area contributed by atoms with E-state index < -0.39 is 0 Å². The Morgan fingerprint density at radius 2 is 0.422 bits per heavy atom. The Kier molecular flexibility index (Phi) is 13.0. The molecule has 2 aromatic heterocycles. The molecule has 22 rings (SSSR count). The molecule has 0 amide bonds. The summed E-state index contributed by atoms with van der Waals surface area (Å²) < 4.78 is 4.90. The predicted molar refractivity (Wildman–Crippen MR) is 458 cm³/mol. The van der Waals surface area contributed by atoms with Crippen molar-refractivity contribution in [2.24, 2.45) is 0 Å². The molecule has 109 heavy (non-hydrogen) atoms. The van der Waals surface area contributed by atoms with Crippen LogP contribution in [0.4, 0.5) is 34.1 Å². The third-order valence-corrected chi connectivity index (χ3v) is 26.5. The summed E-state index contributed by atoms with van der Waals surface area (Å²) in [6, 6.07) is 120. The van der Waals surface area contributed by atoms with E-state index in [0.29, 0.717) is 0 Å². The van der Waals surface area contributed by atoms with Gasteiger partial charge < -0.3 is 18.9 Å². The van der Waals surface area contributed by atoms with Gasteiger partial charge in [-0.1, -0.05) is 251 Å². The lowest BCUT2D eigenvalue weighted by Gasteiger charge is -2.31. The van der Waals surface area contributed by atoms with Crippen molar-refractivity contribution in [2.75, 3.05) is 9.80 Å². The quantitative estimate of drug-likeness (QED) is 0.143. The van der Waals surface area contributed by atoms with Crippen molar-refractivity contribution in [2.45, 2.75) is 96.3 Å². The van der Waals surface area contributed by atoms with E-state index in [-0.39, 0.29) is 27.1 Å². The number of benzene rings is 15. The molecule has 17 aromatic rings. The molecule has 0 spiro atoms. The summed E-state index contributed by atoms with van der Waals surface area (Å²) in [5.74, 6) is 0. The van der Waals surface area contributed by atoms with E-state index in [1.165, 1.54) is 177 Å². The average Bonchev–Trinajstić information content (AvgIpc) is 1.57. The molecule has 5 aliphatic carbocycles. The van der Waals surface area contributed by atoms with Crippen molar-refractivity contribution < 1.29 is 0 Å². The summed E-state index contributed by atoms with van der Waals surface area (Å²) in [4.78, 5) is 5.02. The van der Waals surface area contributed by atoms with Crippen LogP contribution in [0.2, 0.25) is 0 Å². The molecular formula is C105H82N4. The second-order valence-corrected chi connectivity index (χ2v) is 34.0. The standard InChI is InChI=1S/C105H82N4/c1-101(2)87-31-19-14-26-73(87)76-47-40-68(58-90(76)101)107(70-42-51-80-82-53-44-72(62-96(82)105(9,10)94(80)60-70)109-99-34-22-17-29-85(99)86-30-18-23-35-100(86)109)69-41-50-78-75-46-37-64(55-89(75)103(5,6)92(78)59-69)63-36-45-74-77-48-38-66(56-91(77)102(3,4)88(74)54-63)106(65-24-12-11-13-25-65)67-39-49-79-81-52-43-71(61-95(81)104(7,8)93(79)57-67)108-97-32-20-15-27-83(97)84-28-16-21-33-98(84)108/h11-62H,1-10H3. The van der Waals surface area contributed by atoms with Gasteiger partial charge in [-0.25, -0.2) is 0 Å². The minimum absolute atomic E-state index is 0.171. The fourth-order valence-electron chi connectivity index (χ4n) is 20.8. The highest BCUT2D eigenvalue weighted by Crippen LogP contribution is 2.59. The van der Waals surface area contributed by atoms with Gasteiger partial charge in [0.15, 0.2) is 0 Å². The number of hydrogen-bond donors (Lipinski definition) is 0. The van der Waals surface area contributed by atoms with Crippen molar-refractivity contribution in [3.63, 3.8) is 0 Å². The molecule has 0 unspecified atom stereocenters. The topological polar surface area (TPSA) is 16.3 Å². The van der Waals surface area contributed by atoms with E-state index in [1.54, 1.807) is 0 Å². The molecule has 0 fully saturated rings. The molecule has 15 aromatic carbocycles. The SMILES string of the molecule is CC1(C)c2ccccc2-c2ccc(N(c3ccc4c(c3)C(C)(C)c3cc(-c5ccc6c(c5)C(C)(C)c5cc(N(c7ccccc7)c7ccc8c(c7)C(C)(C)c7cc(-n9c%10ccccc%10c%10ccccc%109)ccc7-8)ccc5-6)ccc3-4)c3ccc4c(c3)C(C)(C)c3cc(-n5c6ccccc6c6ccccc65)ccc3-4)cc21. The largest absolute Gasteiger partial charge is 0.310 e. The van der Waals surface area contributed by atoms with Crippen LogP contribution in [0, 0.1) is 0 Å². The van der Waals surface area contributed by atoms with E-state index in [2.05, 4.69) is 404 Å². The maximum absolute atomic E-state index is 2.55. The molecule has 0 saturated heterocycles. The Balaban J connectivity index is 0.591. The van der Waals surface area contributed by atoms with Crippen molar-refractivity contribution >= 4 is 77.7 Å². The second-order valence-electron chi connectivity index (χ2n) is 34.0. The van der Waals surface area contributed by atoms with Gasteiger partial charge in [-0.15, -0.1) is 0 Å². The normalized spacial score (nSPS) is 15.4. The minimum atomic E-state index is -0.302. The number of fused-ring (bicyclic) bond motifs is 21. The summed E-state index contributed by atoms with van der Waals surface area (Å²) >= 11 is 0. The van der Waals surface area contributed by atoms with Crippen LogP contribution >= 0.6 is 0 Å². The molecule has 4 nitrogen and oxygen atoms in total. The van der Waals surface area contributed by atoms with Crippen LogP contribution in [0.1, 0.15) is 125 Å². The van der Waals surface area contributed by atoms with Gasteiger partial charge in [-0.3, -0.25) is 0 Å². The molecule has 522 valence electrons. The number of hydrogen-bond acceptors (Lipinski definition) is 2. The van der Waals surface area contributed by atoms with Gasteiger partial charge in [0.2, 0.25) is 0 Å². The van der Waals surface area contributed by atoms with Crippen molar-refractivity contribution in [1.29, 1.82) is 0 Å². The van der Waals surface area contributed by atoms with Gasteiger partial charge in [0.05, 0.1) is 22.1 Å². The highest BCUT2D eigenvalue weighted by molar-refractivity contribution is 6.11. The zero-order valence-corrected chi connectivity index (χ0v) is 63.3. The van der Waals surface area contributed by atoms with Gasteiger partial charge in [0, 0.05) is 94.1 Å². The first-order chi connectivity index (χ1) is 52.8. The lowest BCUT2D eigenvalue weighted by atomic mass is 9.80. The number of aromatic nitrogens is 2. The number of nitrogens with zero attached hydrogens (tertiary/aromatic N) is 4. The maximum atomic E-state index is 2.55. The van der Waals surface area contributed by atoms with Gasteiger partial charge >= 0.3 is 0 Å². The first-order valence-electron chi connectivity index (χ1n) is 38.9. The third kappa shape index (κ3) is 8.83. The molecule has 0 bridgehead atoms. The Labute approximate surface area is 638 Å². The highest BCUT2D eigenvalue weighted by atomic mass is 15.1. The summed E-state index contributed by atoms with van der Waals surface area (Å²) in [5, 5.41) is 5.10. The third-order valence-electron chi connectivity index (χ3n) is 26.5. The molecule has 4 heteroatoms. The van der Waals surface area contributed by atoms with E-state index in [1.807, 2.05) is 0 Å². The van der Waals surface area contributed by atoms with E-state index in [4.69, 9.17) is 0 Å². The number of anilines is 6. The Morgan fingerprint density at radius 1 is 0.183 bits per heavy atom. The first-order valence-corrected chi connectivity index (χ1v) is 38.9. The van der Waals surface area contributed by atoms with Crippen LogP contribution in [0.5, 0.6) is 0 Å². The van der Waals surface area contributed by atoms with E-state index in [0.717, 1.165) is 34.1 Å². The van der Waals surface area contributed by atoms with Crippen LogP contribution in [0.3, 0.4) is 0 Å². The average molecular weight is 1400 g/mol. The molecule has 0 N–H and O–H groups in total. The van der Waals surface area contributed by atoms with Gasteiger partial charge in [0.25, 0.3) is 0 Å².